The van der Waals surface area contributed by atoms with Gasteiger partial charge in [-0.3, -0.25) is 0 Å². The first-order valence-electron chi connectivity index (χ1n) is 31.1. The van der Waals surface area contributed by atoms with Gasteiger partial charge in [0.15, 0.2) is 0 Å². The predicted octanol–water partition coefficient (Wildman–Crippen LogP) is 22.0. The highest BCUT2D eigenvalue weighted by Crippen LogP contribution is 2.50. The summed E-state index contributed by atoms with van der Waals surface area (Å²) in [7, 11) is 0. The average molecular weight is 1170 g/mol. The van der Waals surface area contributed by atoms with Crippen molar-refractivity contribution in [3.05, 3.63) is 178 Å². The van der Waals surface area contributed by atoms with Gasteiger partial charge in [0.2, 0.25) is 0 Å². The highest BCUT2D eigenvalue weighted by atomic mass is 19.1. The molecule has 0 saturated carbocycles. The van der Waals surface area contributed by atoms with Gasteiger partial charge in [0.1, 0.15) is 47.8 Å². The van der Waals surface area contributed by atoms with Crippen LogP contribution in [0.25, 0.3) is 77.2 Å². The van der Waals surface area contributed by atoms with Crippen molar-refractivity contribution in [2.75, 3.05) is 13.2 Å². The number of phenolic OH excluding ortho intramolecular Hbond substituents is 2. The Balaban J connectivity index is 1.07. The summed E-state index contributed by atoms with van der Waals surface area (Å²) in [5.74, 6) is -0.280. The van der Waals surface area contributed by atoms with Crippen molar-refractivity contribution in [2.45, 2.75) is 178 Å². The van der Waals surface area contributed by atoms with E-state index in [1.54, 1.807) is 12.1 Å². The standard InChI is InChI=1S/C79H92F2N2O4/c1-47-21-27-63-55(35-47)56-36-48(75(8,9)10)22-28-64(56)82(63)67-41-51(78(17,18)45-73(2,3)4)39-61(71(67)84)59-43-53(80)25-31-69(59)86-33-34-87-70-32-26-54(81)44-60(70)62-40-52(79(19,20)46-74(5,6)7)42-68(72(62)85)83-65-29-23-49(76(11,12)13)37-57(65)58-38-50(77(14,15)16)24-30-66(58)83/h21-32,35-44,84-85H,33-34,45-46H2,1-20H3. The van der Waals surface area contributed by atoms with Crippen molar-refractivity contribution in [3.63, 3.8) is 0 Å². The Morgan fingerprint density at radius 2 is 0.678 bits per heavy atom. The quantitative estimate of drug-likeness (QED) is 0.113. The summed E-state index contributed by atoms with van der Waals surface area (Å²) >= 11 is 0. The molecule has 0 radical (unpaired) electrons. The molecule has 0 aliphatic rings. The summed E-state index contributed by atoms with van der Waals surface area (Å²) < 4.78 is 49.5. The Morgan fingerprint density at radius 1 is 0.356 bits per heavy atom. The molecule has 2 N–H and O–H groups in total. The normalized spacial score (nSPS) is 13.2. The van der Waals surface area contributed by atoms with E-state index < -0.39 is 17.0 Å². The van der Waals surface area contributed by atoms with Crippen molar-refractivity contribution in [2.24, 2.45) is 10.8 Å². The zero-order chi connectivity index (χ0) is 63.5. The smallest absolute Gasteiger partial charge is 0.147 e. The molecule has 0 spiro atoms. The van der Waals surface area contributed by atoms with Crippen LogP contribution in [0.5, 0.6) is 23.0 Å². The predicted molar refractivity (Wildman–Crippen MR) is 362 cm³/mol. The fourth-order valence-corrected chi connectivity index (χ4v) is 13.7. The maximum absolute atomic E-state index is 16.0. The lowest BCUT2D eigenvalue weighted by Crippen LogP contribution is -2.25. The van der Waals surface area contributed by atoms with Gasteiger partial charge in [-0.1, -0.05) is 161 Å². The minimum Gasteiger partial charge on any atom is -0.505 e. The molecule has 87 heavy (non-hydrogen) atoms. The number of ether oxygens (including phenoxy) is 2. The number of nitrogens with zero attached hydrogens (tertiary/aromatic N) is 2. The molecule has 0 bridgehead atoms. The second-order valence-electron chi connectivity index (χ2n) is 31.6. The number of fused-ring (bicyclic) bond motifs is 6. The van der Waals surface area contributed by atoms with Crippen LogP contribution in [0.4, 0.5) is 8.78 Å². The molecule has 0 unspecified atom stereocenters. The molecular formula is C79H92F2N2O4. The number of aromatic hydroxyl groups is 2. The Labute approximate surface area is 516 Å². The monoisotopic (exact) mass is 1170 g/mol. The third-order valence-electron chi connectivity index (χ3n) is 17.5. The average Bonchev–Trinajstić information content (AvgIpc) is 1.65. The van der Waals surface area contributed by atoms with E-state index in [4.69, 9.17) is 9.47 Å². The van der Waals surface area contributed by atoms with Gasteiger partial charge in [-0.05, 0) is 195 Å². The van der Waals surface area contributed by atoms with Crippen LogP contribution in [-0.2, 0) is 27.1 Å². The second-order valence-corrected chi connectivity index (χ2v) is 31.6. The fourth-order valence-electron chi connectivity index (χ4n) is 13.7. The first-order valence-corrected chi connectivity index (χ1v) is 31.1. The van der Waals surface area contributed by atoms with E-state index in [2.05, 4.69) is 233 Å². The third-order valence-corrected chi connectivity index (χ3v) is 17.5. The molecule has 2 heterocycles. The molecule has 0 amide bonds. The van der Waals surface area contributed by atoms with Gasteiger partial charge < -0.3 is 28.8 Å². The van der Waals surface area contributed by atoms with Crippen LogP contribution in [0.3, 0.4) is 0 Å². The van der Waals surface area contributed by atoms with Crippen molar-refractivity contribution < 1.29 is 28.5 Å². The molecule has 6 nitrogen and oxygen atoms in total. The number of phenols is 2. The van der Waals surface area contributed by atoms with Crippen LogP contribution in [0, 0.1) is 29.4 Å². The van der Waals surface area contributed by atoms with E-state index >= 15 is 8.78 Å². The van der Waals surface area contributed by atoms with Crippen LogP contribution >= 0.6 is 0 Å². The van der Waals surface area contributed by atoms with E-state index in [0.29, 0.717) is 45.1 Å². The number of hydrogen-bond donors (Lipinski definition) is 2. The molecule has 10 aromatic rings. The Morgan fingerprint density at radius 3 is 1.00 bits per heavy atom. The summed E-state index contributed by atoms with van der Waals surface area (Å²) in [5.41, 5.74) is 12.1. The van der Waals surface area contributed by atoms with Crippen LogP contribution < -0.4 is 9.47 Å². The Kier molecular flexibility index (Phi) is 15.7. The van der Waals surface area contributed by atoms with Gasteiger partial charge in [-0.2, -0.15) is 0 Å². The van der Waals surface area contributed by atoms with Crippen molar-refractivity contribution in [1.29, 1.82) is 0 Å². The van der Waals surface area contributed by atoms with Crippen molar-refractivity contribution >= 4 is 43.6 Å². The van der Waals surface area contributed by atoms with Gasteiger partial charge in [0.25, 0.3) is 0 Å². The zero-order valence-corrected chi connectivity index (χ0v) is 55.4. The third kappa shape index (κ3) is 12.5. The number of rotatable bonds is 13. The summed E-state index contributed by atoms with van der Waals surface area (Å²) in [4.78, 5) is 0. The molecule has 0 aliphatic carbocycles. The van der Waals surface area contributed by atoms with Crippen LogP contribution in [-0.4, -0.2) is 32.6 Å². The van der Waals surface area contributed by atoms with Gasteiger partial charge in [0.05, 0.1) is 33.4 Å². The molecule has 10 rings (SSSR count). The highest BCUT2D eigenvalue weighted by Gasteiger charge is 2.34. The molecule has 0 saturated heterocycles. The fraction of sp³-hybridized carbons (Fsp3) is 0.392. The molecule has 0 fully saturated rings. The zero-order valence-electron chi connectivity index (χ0n) is 55.4. The van der Waals surface area contributed by atoms with Crippen LogP contribution in [0.1, 0.15) is 178 Å². The number of aryl methyl sites for hydroxylation is 1. The highest BCUT2D eigenvalue weighted by molar-refractivity contribution is 6.11. The number of benzene rings is 8. The molecule has 8 aromatic carbocycles. The minimum atomic E-state index is -0.482. The first kappa shape index (κ1) is 62.5. The van der Waals surface area contributed by atoms with Crippen molar-refractivity contribution in [3.8, 4) is 56.6 Å². The minimum absolute atomic E-state index is 0.00454. The number of hydrogen-bond acceptors (Lipinski definition) is 4. The second kappa shape index (κ2) is 21.9. The maximum Gasteiger partial charge on any atom is 0.147 e. The summed E-state index contributed by atoms with van der Waals surface area (Å²) in [6.45, 7) is 44.5. The number of halogens is 2. The molecule has 2 aromatic heterocycles. The molecular weight excluding hydrogens is 1080 g/mol. The van der Waals surface area contributed by atoms with Gasteiger partial charge in [0, 0.05) is 43.8 Å². The SMILES string of the molecule is Cc1ccc2c(c1)c1cc(C(C)(C)C)ccc1n2-c1cc(C(C)(C)CC(C)(C)C)cc(-c2cc(F)ccc2OCCOc2ccc(F)cc2-c2cc(C(C)(C)CC(C)(C)C)cc(-n3c4ccc(C(C)(C)C)cc4c4cc(C(C)(C)C)ccc43)c2O)c1O. The molecule has 0 aliphatic heterocycles. The lowest BCUT2D eigenvalue weighted by atomic mass is 9.71. The van der Waals surface area contributed by atoms with Crippen LogP contribution in [0.15, 0.2) is 133 Å². The van der Waals surface area contributed by atoms with E-state index in [1.165, 1.54) is 41.0 Å². The van der Waals surface area contributed by atoms with Gasteiger partial charge >= 0.3 is 0 Å². The Hall–Kier alpha value is -7.58. The molecule has 456 valence electrons. The Bertz CT molecular complexity index is 4230. The van der Waals surface area contributed by atoms with Gasteiger partial charge in [-0.15, -0.1) is 0 Å². The van der Waals surface area contributed by atoms with Crippen LogP contribution in [0.2, 0.25) is 0 Å². The summed E-state index contributed by atoms with van der Waals surface area (Å²) in [6.07, 6.45) is 1.65. The molecule has 0 atom stereocenters. The van der Waals surface area contributed by atoms with E-state index in [1.807, 2.05) is 12.1 Å². The summed E-state index contributed by atoms with van der Waals surface area (Å²) in [6, 6.07) is 43.3. The van der Waals surface area contributed by atoms with E-state index in [9.17, 15) is 10.2 Å². The van der Waals surface area contributed by atoms with Gasteiger partial charge in [-0.25, -0.2) is 8.78 Å². The largest absolute Gasteiger partial charge is 0.505 e. The van der Waals surface area contributed by atoms with E-state index in [-0.39, 0.29) is 57.2 Å². The topological polar surface area (TPSA) is 68.8 Å². The number of aromatic nitrogens is 2. The first-order chi connectivity index (χ1) is 40.3. The lowest BCUT2D eigenvalue weighted by molar-refractivity contribution is 0.218. The molecule has 8 heteroatoms. The van der Waals surface area contributed by atoms with E-state index in [0.717, 1.165) is 73.1 Å². The lowest BCUT2D eigenvalue weighted by Gasteiger charge is -2.34. The van der Waals surface area contributed by atoms with Crippen molar-refractivity contribution in [1.82, 2.24) is 9.13 Å². The summed E-state index contributed by atoms with van der Waals surface area (Å²) in [5, 5.41) is 30.3. The maximum atomic E-state index is 16.0.